The first-order valence-electron chi connectivity index (χ1n) is 10.6. The van der Waals surface area contributed by atoms with Gasteiger partial charge in [0.05, 0.1) is 6.54 Å². The van der Waals surface area contributed by atoms with Crippen molar-refractivity contribution in [2.24, 2.45) is 4.99 Å². The third-order valence-electron chi connectivity index (χ3n) is 5.12. The number of amides is 1. The number of hydrogen-bond donors (Lipinski definition) is 2. The van der Waals surface area contributed by atoms with Crippen molar-refractivity contribution in [3.63, 3.8) is 0 Å². The second-order valence-electron chi connectivity index (χ2n) is 7.97. The Hall–Kier alpha value is -1.55. The first-order chi connectivity index (χ1) is 13.9. The van der Waals surface area contributed by atoms with Crippen LogP contribution in [0.1, 0.15) is 39.2 Å². The highest BCUT2D eigenvalue weighted by Crippen LogP contribution is 2.15. The first kappa shape index (κ1) is 26.5. The summed E-state index contributed by atoms with van der Waals surface area (Å²) in [7, 11) is 3.44. The van der Waals surface area contributed by atoms with Crippen LogP contribution < -0.4 is 15.4 Å². The molecular formula is C22H38IN5O2. The van der Waals surface area contributed by atoms with Crippen LogP contribution in [-0.2, 0) is 11.3 Å². The lowest BCUT2D eigenvalue weighted by molar-refractivity contribution is -0.130. The molecule has 1 saturated heterocycles. The minimum atomic E-state index is -0.0597. The number of likely N-dealkylation sites (N-methyl/N-ethyl adjacent to an activating group) is 1. The fourth-order valence-electron chi connectivity index (χ4n) is 3.25. The average Bonchev–Trinajstić information content (AvgIpc) is 2.71. The molecule has 0 aromatic heterocycles. The molecule has 2 rings (SSSR count). The molecule has 0 saturated carbocycles. The molecule has 0 aliphatic carbocycles. The minimum Gasteiger partial charge on any atom is -0.484 e. The monoisotopic (exact) mass is 531 g/mol. The summed E-state index contributed by atoms with van der Waals surface area (Å²) in [5.74, 6) is 1.48. The van der Waals surface area contributed by atoms with Crippen LogP contribution in [0.2, 0.25) is 0 Å². The molecule has 1 aromatic carbocycles. The smallest absolute Gasteiger partial charge is 0.259 e. The lowest BCUT2D eigenvalue weighted by Crippen LogP contribution is -2.49. The number of aliphatic imine (C=N–C) groups is 1. The molecule has 1 amide bonds. The number of carbonyl (C=O) groups excluding carboxylic acids is 1. The van der Waals surface area contributed by atoms with Crippen molar-refractivity contribution < 1.29 is 9.53 Å². The maximum absolute atomic E-state index is 11.7. The van der Waals surface area contributed by atoms with Crippen LogP contribution >= 0.6 is 24.0 Å². The van der Waals surface area contributed by atoms with E-state index >= 15 is 0 Å². The molecule has 0 spiro atoms. The van der Waals surface area contributed by atoms with Gasteiger partial charge in [0.15, 0.2) is 12.6 Å². The van der Waals surface area contributed by atoms with E-state index in [1.807, 2.05) is 24.3 Å². The van der Waals surface area contributed by atoms with E-state index in [0.717, 1.165) is 44.0 Å². The molecule has 1 fully saturated rings. The van der Waals surface area contributed by atoms with E-state index in [1.54, 1.807) is 14.1 Å². The Morgan fingerprint density at radius 3 is 2.60 bits per heavy atom. The second kappa shape index (κ2) is 13.7. The molecule has 170 valence electrons. The average molecular weight is 531 g/mol. The fourth-order valence-corrected chi connectivity index (χ4v) is 3.25. The minimum absolute atomic E-state index is 0. The Morgan fingerprint density at radius 2 is 2.00 bits per heavy atom. The Bertz CT molecular complexity index is 673. The molecule has 1 aliphatic rings. The topological polar surface area (TPSA) is 69.2 Å². The van der Waals surface area contributed by atoms with Crippen molar-refractivity contribution in [2.45, 2.75) is 52.2 Å². The predicted octanol–water partition coefficient (Wildman–Crippen LogP) is 2.70. The zero-order valence-electron chi connectivity index (χ0n) is 19.0. The molecule has 2 N–H and O–H groups in total. The maximum atomic E-state index is 11.7. The van der Waals surface area contributed by atoms with Gasteiger partial charge in [0.2, 0.25) is 0 Å². The number of nitrogens with zero attached hydrogens (tertiary/aromatic N) is 3. The first-order valence-corrected chi connectivity index (χ1v) is 10.6. The van der Waals surface area contributed by atoms with E-state index in [4.69, 9.17) is 9.73 Å². The fraction of sp³-hybridized carbons (Fsp3) is 0.636. The van der Waals surface area contributed by atoms with E-state index in [2.05, 4.69) is 36.3 Å². The standard InChI is InChI=1S/C22H37N5O2.HI/c1-6-23-22(25-19-10-12-27(13-11-19)17(2)3)24-15-18-8-7-9-20(14-18)29-16-21(28)26(4)5;/h7-9,14,17,19H,6,10-13,15-16H2,1-5H3,(H2,23,24,25);1H. The van der Waals surface area contributed by atoms with Gasteiger partial charge in [-0.3, -0.25) is 4.79 Å². The Kier molecular flexibility index (Phi) is 12.1. The quantitative estimate of drug-likeness (QED) is 0.307. The van der Waals surface area contributed by atoms with Crippen molar-refractivity contribution in [2.75, 3.05) is 40.3 Å². The molecule has 7 nitrogen and oxygen atoms in total. The number of halogens is 1. The summed E-state index contributed by atoms with van der Waals surface area (Å²) in [4.78, 5) is 20.5. The molecule has 1 heterocycles. The number of ether oxygens (including phenoxy) is 1. The van der Waals surface area contributed by atoms with Crippen LogP contribution in [0.3, 0.4) is 0 Å². The molecule has 0 atom stereocenters. The summed E-state index contributed by atoms with van der Waals surface area (Å²) >= 11 is 0. The van der Waals surface area contributed by atoms with Gasteiger partial charge in [0, 0.05) is 45.8 Å². The molecule has 1 aromatic rings. The van der Waals surface area contributed by atoms with E-state index in [-0.39, 0.29) is 36.5 Å². The molecule has 1 aliphatic heterocycles. The number of guanidine groups is 1. The highest BCUT2D eigenvalue weighted by atomic mass is 127. The van der Waals surface area contributed by atoms with Crippen molar-refractivity contribution in [1.29, 1.82) is 0 Å². The largest absolute Gasteiger partial charge is 0.484 e. The van der Waals surface area contributed by atoms with Crippen LogP contribution in [-0.4, -0.2) is 74.1 Å². The Balaban J connectivity index is 0.00000450. The number of piperidine rings is 1. The third-order valence-corrected chi connectivity index (χ3v) is 5.12. The zero-order valence-corrected chi connectivity index (χ0v) is 21.3. The van der Waals surface area contributed by atoms with Gasteiger partial charge in [-0.1, -0.05) is 12.1 Å². The highest BCUT2D eigenvalue weighted by molar-refractivity contribution is 14.0. The summed E-state index contributed by atoms with van der Waals surface area (Å²) in [5.41, 5.74) is 1.05. The van der Waals surface area contributed by atoms with Gasteiger partial charge in [0.25, 0.3) is 5.91 Å². The third kappa shape index (κ3) is 9.07. The van der Waals surface area contributed by atoms with Crippen molar-refractivity contribution in [3.8, 4) is 5.75 Å². The summed E-state index contributed by atoms with van der Waals surface area (Å²) in [5, 5.41) is 6.93. The van der Waals surface area contributed by atoms with Gasteiger partial charge >= 0.3 is 0 Å². The number of carbonyl (C=O) groups is 1. The normalized spacial score (nSPS) is 15.5. The Morgan fingerprint density at radius 1 is 1.30 bits per heavy atom. The SMILES string of the molecule is CCNC(=NCc1cccc(OCC(=O)N(C)C)c1)NC1CCN(C(C)C)CC1.I. The maximum Gasteiger partial charge on any atom is 0.259 e. The van der Waals surface area contributed by atoms with Gasteiger partial charge in [-0.25, -0.2) is 4.99 Å². The van der Waals surface area contributed by atoms with Crippen LogP contribution in [0.25, 0.3) is 0 Å². The summed E-state index contributed by atoms with van der Waals surface area (Å²) in [6.07, 6.45) is 2.26. The summed E-state index contributed by atoms with van der Waals surface area (Å²) in [6, 6.07) is 8.82. The van der Waals surface area contributed by atoms with E-state index < -0.39 is 0 Å². The number of nitrogens with one attached hydrogen (secondary N) is 2. The molecule has 30 heavy (non-hydrogen) atoms. The lowest BCUT2D eigenvalue weighted by Gasteiger charge is -2.35. The van der Waals surface area contributed by atoms with Crippen LogP contribution in [0.15, 0.2) is 29.3 Å². The second-order valence-corrected chi connectivity index (χ2v) is 7.97. The van der Waals surface area contributed by atoms with Gasteiger partial charge < -0.3 is 25.2 Å². The van der Waals surface area contributed by atoms with Gasteiger partial charge in [-0.2, -0.15) is 0 Å². The van der Waals surface area contributed by atoms with Crippen molar-refractivity contribution in [3.05, 3.63) is 29.8 Å². The summed E-state index contributed by atoms with van der Waals surface area (Å²) < 4.78 is 5.60. The molecule has 0 bridgehead atoms. The summed E-state index contributed by atoms with van der Waals surface area (Å²) in [6.45, 7) is 10.3. The van der Waals surface area contributed by atoms with Gasteiger partial charge in [0.1, 0.15) is 5.75 Å². The van der Waals surface area contributed by atoms with E-state index in [0.29, 0.717) is 24.4 Å². The van der Waals surface area contributed by atoms with Crippen molar-refractivity contribution in [1.82, 2.24) is 20.4 Å². The predicted molar refractivity (Wildman–Crippen MR) is 134 cm³/mol. The number of rotatable bonds is 8. The lowest BCUT2D eigenvalue weighted by atomic mass is 10.0. The highest BCUT2D eigenvalue weighted by Gasteiger charge is 2.21. The van der Waals surface area contributed by atoms with Crippen molar-refractivity contribution >= 4 is 35.8 Å². The van der Waals surface area contributed by atoms with Crippen LogP contribution in [0, 0.1) is 0 Å². The van der Waals surface area contributed by atoms with Crippen LogP contribution in [0.4, 0.5) is 0 Å². The molecule has 0 unspecified atom stereocenters. The molecule has 8 heteroatoms. The number of benzene rings is 1. The van der Waals surface area contributed by atoms with Crippen LogP contribution in [0.5, 0.6) is 5.75 Å². The number of likely N-dealkylation sites (tertiary alicyclic amines) is 1. The molecule has 0 radical (unpaired) electrons. The van der Waals surface area contributed by atoms with Gasteiger partial charge in [-0.15, -0.1) is 24.0 Å². The van der Waals surface area contributed by atoms with E-state index in [9.17, 15) is 4.79 Å². The zero-order chi connectivity index (χ0) is 21.2. The molecular weight excluding hydrogens is 493 g/mol. The number of hydrogen-bond acceptors (Lipinski definition) is 4. The van der Waals surface area contributed by atoms with E-state index in [1.165, 1.54) is 4.90 Å². The Labute approximate surface area is 198 Å². The van der Waals surface area contributed by atoms with Gasteiger partial charge in [-0.05, 0) is 51.3 Å².